The maximum atomic E-state index is 13.0. The minimum absolute atomic E-state index is 0.0196. The van der Waals surface area contributed by atoms with Crippen LogP contribution >= 0.6 is 11.6 Å². The summed E-state index contributed by atoms with van der Waals surface area (Å²) < 4.78 is 28.6. The molecule has 2 unspecified atom stereocenters. The Morgan fingerprint density at radius 3 is 2.39 bits per heavy atom. The lowest BCUT2D eigenvalue weighted by molar-refractivity contribution is -0.150. The van der Waals surface area contributed by atoms with Crippen molar-refractivity contribution >= 4 is 33.4 Å². The van der Waals surface area contributed by atoms with Gasteiger partial charge in [0.05, 0.1) is 10.3 Å². The van der Waals surface area contributed by atoms with Crippen LogP contribution in [0.4, 0.5) is 0 Å². The molecule has 7 nitrogen and oxygen atoms in total. The Hall–Kier alpha value is -1.64. The highest BCUT2D eigenvalue weighted by Gasteiger charge is 2.58. The zero-order chi connectivity index (χ0) is 24.2. The van der Waals surface area contributed by atoms with Crippen LogP contribution in [0, 0.1) is 30.1 Å². The van der Waals surface area contributed by atoms with Gasteiger partial charge < -0.3 is 10.6 Å². The fourth-order valence-corrected chi connectivity index (χ4v) is 8.69. The number of hydrogen-bond donors (Lipinski definition) is 3. The number of carbonyl (C=O) groups is 2. The van der Waals surface area contributed by atoms with Gasteiger partial charge in [0.2, 0.25) is 21.8 Å². The van der Waals surface area contributed by atoms with E-state index in [9.17, 15) is 18.0 Å². The summed E-state index contributed by atoms with van der Waals surface area (Å²) >= 11 is 6.10. The zero-order valence-electron chi connectivity index (χ0n) is 19.7. The third-order valence-electron chi connectivity index (χ3n) is 7.83. The van der Waals surface area contributed by atoms with Crippen molar-refractivity contribution in [3.63, 3.8) is 0 Å². The van der Waals surface area contributed by atoms with Gasteiger partial charge in [0.25, 0.3) is 0 Å². The third-order valence-corrected chi connectivity index (χ3v) is 10.1. The molecule has 0 aromatic heterocycles. The highest BCUT2D eigenvalue weighted by atomic mass is 35.5. The van der Waals surface area contributed by atoms with Gasteiger partial charge in [-0.3, -0.25) is 9.59 Å². The second-order valence-electron chi connectivity index (χ2n) is 11.0. The van der Waals surface area contributed by atoms with Crippen molar-refractivity contribution in [2.75, 3.05) is 7.05 Å². The molecular weight excluding hydrogens is 462 g/mol. The van der Waals surface area contributed by atoms with Gasteiger partial charge >= 0.3 is 0 Å². The number of hydrogen-bond acceptors (Lipinski definition) is 4. The van der Waals surface area contributed by atoms with Crippen molar-refractivity contribution in [2.45, 2.75) is 75.8 Å². The third kappa shape index (κ3) is 4.66. The first-order chi connectivity index (χ1) is 15.4. The molecule has 4 aliphatic carbocycles. The van der Waals surface area contributed by atoms with Gasteiger partial charge in [-0.1, -0.05) is 17.7 Å². The normalized spacial score (nSPS) is 30.8. The van der Waals surface area contributed by atoms with E-state index < -0.39 is 15.6 Å². The van der Waals surface area contributed by atoms with Crippen LogP contribution in [-0.4, -0.2) is 38.9 Å². The molecule has 0 heterocycles. The fraction of sp³-hybridized carbons (Fsp3) is 0.667. The average Bonchev–Trinajstić information content (AvgIpc) is 2.70. The van der Waals surface area contributed by atoms with Crippen LogP contribution < -0.4 is 15.4 Å². The molecule has 4 fully saturated rings. The molecule has 0 saturated heterocycles. The highest BCUT2D eigenvalue weighted by Crippen LogP contribution is 2.60. The molecule has 182 valence electrons. The Morgan fingerprint density at radius 2 is 1.79 bits per heavy atom. The molecule has 4 aliphatic rings. The predicted molar refractivity (Wildman–Crippen MR) is 127 cm³/mol. The topological polar surface area (TPSA) is 104 Å². The van der Waals surface area contributed by atoms with Crippen LogP contribution in [0.1, 0.15) is 57.9 Å². The number of sulfonamides is 1. The lowest BCUT2D eigenvalue weighted by Gasteiger charge is -2.59. The van der Waals surface area contributed by atoms with Gasteiger partial charge in [-0.2, -0.15) is 0 Å². The van der Waals surface area contributed by atoms with Gasteiger partial charge in [-0.25, -0.2) is 13.1 Å². The van der Waals surface area contributed by atoms with Crippen LogP contribution in [0.25, 0.3) is 0 Å². The number of rotatable bonds is 7. The van der Waals surface area contributed by atoms with E-state index >= 15 is 0 Å². The Balaban J connectivity index is 1.42. The molecule has 3 N–H and O–H groups in total. The van der Waals surface area contributed by atoms with Crippen molar-refractivity contribution < 1.29 is 18.0 Å². The number of amides is 2. The van der Waals surface area contributed by atoms with E-state index in [1.165, 1.54) is 6.07 Å². The van der Waals surface area contributed by atoms with E-state index in [0.29, 0.717) is 28.3 Å². The average molecular weight is 496 g/mol. The smallest absolute Gasteiger partial charge is 0.241 e. The van der Waals surface area contributed by atoms with Crippen molar-refractivity contribution in [1.82, 2.24) is 15.4 Å². The van der Waals surface area contributed by atoms with E-state index in [1.807, 2.05) is 0 Å². The Kier molecular flexibility index (Phi) is 6.34. The molecule has 0 radical (unpaired) electrons. The minimum atomic E-state index is -3.85. The molecule has 0 spiro atoms. The molecule has 0 aliphatic heterocycles. The van der Waals surface area contributed by atoms with E-state index in [0.717, 1.165) is 32.1 Å². The number of benzene rings is 1. The largest absolute Gasteiger partial charge is 0.359 e. The summed E-state index contributed by atoms with van der Waals surface area (Å²) in [5, 5.41) is 6.44. The minimum Gasteiger partial charge on any atom is -0.359 e. The molecule has 4 saturated carbocycles. The first-order valence-electron chi connectivity index (χ1n) is 11.7. The van der Waals surface area contributed by atoms with Gasteiger partial charge in [-0.05, 0) is 88.3 Å². The van der Waals surface area contributed by atoms with Crippen molar-refractivity contribution in [1.29, 1.82) is 0 Å². The second kappa shape index (κ2) is 8.54. The summed E-state index contributed by atoms with van der Waals surface area (Å²) in [6, 6.07) is 4.81. The van der Waals surface area contributed by atoms with Crippen LogP contribution in [-0.2, 0) is 19.6 Å². The lowest BCUT2D eigenvalue weighted by atomic mass is 9.47. The maximum absolute atomic E-state index is 13.0. The molecule has 33 heavy (non-hydrogen) atoms. The summed E-state index contributed by atoms with van der Waals surface area (Å²) in [5.41, 5.74) is -0.783. The molecule has 1 aromatic rings. The van der Waals surface area contributed by atoms with Crippen LogP contribution in [0.3, 0.4) is 0 Å². The monoisotopic (exact) mass is 495 g/mol. The highest BCUT2D eigenvalue weighted by molar-refractivity contribution is 7.89. The summed E-state index contributed by atoms with van der Waals surface area (Å²) in [6.45, 7) is 5.08. The van der Waals surface area contributed by atoms with Gasteiger partial charge in [-0.15, -0.1) is 0 Å². The number of carbonyl (C=O) groups excluding carboxylic acids is 2. The summed E-state index contributed by atoms with van der Waals surface area (Å²) in [5.74, 6) is 1.12. The number of nitrogens with one attached hydrogen (secondary N) is 3. The molecule has 2 atom stereocenters. The lowest BCUT2D eigenvalue weighted by Crippen LogP contribution is -2.62. The van der Waals surface area contributed by atoms with Crippen LogP contribution in [0.2, 0.25) is 5.02 Å². The molecular formula is C24H34ClN3O4S. The first kappa shape index (κ1) is 24.5. The van der Waals surface area contributed by atoms with Crippen molar-refractivity contribution in [3.8, 4) is 0 Å². The molecule has 4 bridgehead atoms. The van der Waals surface area contributed by atoms with Gasteiger partial charge in [0.1, 0.15) is 0 Å². The summed E-state index contributed by atoms with van der Waals surface area (Å²) in [6.07, 6.45) is 4.70. The Morgan fingerprint density at radius 1 is 1.15 bits per heavy atom. The molecule has 5 rings (SSSR count). The SMILES string of the molecule is CNC(=O)C12CC3CC(C1)C(NC(=O)CC(C)(C)NS(=O)(=O)c1cccc(Cl)c1C)C(C3)C2. The van der Waals surface area contributed by atoms with E-state index in [1.54, 1.807) is 40.0 Å². The van der Waals surface area contributed by atoms with Crippen LogP contribution in [0.15, 0.2) is 23.1 Å². The second-order valence-corrected chi connectivity index (χ2v) is 13.0. The molecule has 2 amide bonds. The standard InChI is InChI=1S/C24H34ClN3O4S/c1-14-18(25)6-5-7-19(14)33(31,32)28-23(2,3)13-20(29)27-21-16-8-15-9-17(21)12-24(10-15,11-16)22(30)26-4/h5-7,15-17,21,28H,8-13H2,1-4H3,(H,26,30)(H,27,29). The van der Waals surface area contributed by atoms with E-state index in [-0.39, 0.29) is 34.6 Å². The van der Waals surface area contributed by atoms with E-state index in [2.05, 4.69) is 15.4 Å². The molecule has 1 aromatic carbocycles. The first-order valence-corrected chi connectivity index (χ1v) is 13.5. The van der Waals surface area contributed by atoms with Crippen molar-refractivity contribution in [2.24, 2.45) is 23.2 Å². The zero-order valence-corrected chi connectivity index (χ0v) is 21.3. The molecule has 9 heteroatoms. The van der Waals surface area contributed by atoms with Gasteiger partial charge in [0, 0.05) is 30.1 Å². The predicted octanol–water partition coefficient (Wildman–Crippen LogP) is 3.15. The van der Waals surface area contributed by atoms with Crippen molar-refractivity contribution in [3.05, 3.63) is 28.8 Å². The summed E-state index contributed by atoms with van der Waals surface area (Å²) in [7, 11) is -2.14. The fourth-order valence-electron chi connectivity index (χ4n) is 6.78. The van der Waals surface area contributed by atoms with Gasteiger partial charge in [0.15, 0.2) is 0 Å². The number of halogens is 1. The Bertz CT molecular complexity index is 1060. The summed E-state index contributed by atoms with van der Waals surface area (Å²) in [4.78, 5) is 25.7. The quantitative estimate of drug-likeness (QED) is 0.540. The maximum Gasteiger partial charge on any atom is 0.241 e. The van der Waals surface area contributed by atoms with E-state index in [4.69, 9.17) is 11.6 Å². The Labute approximate surface area is 201 Å². The van der Waals surface area contributed by atoms with Crippen LogP contribution in [0.5, 0.6) is 0 Å².